The molecule has 0 unspecified atom stereocenters. The number of nitrogens with zero attached hydrogens (tertiary/aromatic N) is 2. The molecule has 0 radical (unpaired) electrons. The third kappa shape index (κ3) is 1.87. The molecule has 0 saturated heterocycles. The summed E-state index contributed by atoms with van der Waals surface area (Å²) in [6, 6.07) is 0. The van der Waals surface area contributed by atoms with Crippen LogP contribution in [0.1, 0.15) is 20.3 Å². The van der Waals surface area contributed by atoms with Crippen LogP contribution in [0.2, 0.25) is 0 Å². The number of hydrogen-bond donors (Lipinski definition) is 0. The summed E-state index contributed by atoms with van der Waals surface area (Å²) in [5.41, 5.74) is 1.42. The van der Waals surface area contributed by atoms with Crippen LogP contribution in [-0.2, 0) is 0 Å². The third-order valence-electron chi connectivity index (χ3n) is 2.59. The van der Waals surface area contributed by atoms with Crippen LogP contribution in [0.4, 0.5) is 0 Å². The predicted molar refractivity (Wildman–Crippen MR) is 53.5 cm³/mol. The summed E-state index contributed by atoms with van der Waals surface area (Å²) in [7, 11) is 2.07. The minimum absolute atomic E-state index is 0.201. The van der Waals surface area contributed by atoms with Gasteiger partial charge in [0.2, 0.25) is 0 Å². The first-order valence-corrected chi connectivity index (χ1v) is 4.43. The van der Waals surface area contributed by atoms with E-state index in [2.05, 4.69) is 37.4 Å². The first-order valence-electron chi connectivity index (χ1n) is 4.43. The molecular formula is C10H18N2. The normalized spacial score (nSPS) is 26.2. The largest absolute Gasteiger partial charge is 0.373 e. The lowest BCUT2D eigenvalue weighted by Crippen LogP contribution is -2.31. The highest BCUT2D eigenvalue weighted by Gasteiger charge is 2.24. The Kier molecular flexibility index (Phi) is 2.55. The second-order valence-corrected chi connectivity index (χ2v) is 4.05. The second kappa shape index (κ2) is 3.30. The monoisotopic (exact) mass is 166 g/mol. The van der Waals surface area contributed by atoms with E-state index < -0.39 is 0 Å². The van der Waals surface area contributed by atoms with Crippen LogP contribution < -0.4 is 0 Å². The molecule has 0 N–H and O–H groups in total. The summed E-state index contributed by atoms with van der Waals surface area (Å²) in [5.74, 6) is 0. The molecule has 0 aromatic rings. The first kappa shape index (κ1) is 9.30. The number of allylic oxidation sites excluding steroid dienone is 1. The van der Waals surface area contributed by atoms with Gasteiger partial charge in [-0.2, -0.15) is 0 Å². The van der Waals surface area contributed by atoms with Crippen LogP contribution in [-0.4, -0.2) is 31.3 Å². The molecule has 2 nitrogen and oxygen atoms in total. The van der Waals surface area contributed by atoms with Crippen LogP contribution in [0.3, 0.4) is 0 Å². The van der Waals surface area contributed by atoms with Gasteiger partial charge in [-0.25, -0.2) is 0 Å². The van der Waals surface area contributed by atoms with Crippen LogP contribution in [0.25, 0.3) is 0 Å². The van der Waals surface area contributed by atoms with Gasteiger partial charge in [0, 0.05) is 30.9 Å². The predicted octanol–water partition coefficient (Wildman–Crippen LogP) is 1.93. The van der Waals surface area contributed by atoms with Crippen molar-refractivity contribution in [2.24, 2.45) is 10.4 Å². The Hall–Kier alpha value is -0.790. The van der Waals surface area contributed by atoms with E-state index in [9.17, 15) is 0 Å². The van der Waals surface area contributed by atoms with Crippen LogP contribution in [0.15, 0.2) is 17.3 Å². The first-order chi connectivity index (χ1) is 5.54. The van der Waals surface area contributed by atoms with Gasteiger partial charge in [0.25, 0.3) is 0 Å². The summed E-state index contributed by atoms with van der Waals surface area (Å²) in [6.45, 7) is 10.4. The van der Waals surface area contributed by atoms with Gasteiger partial charge in [-0.15, -0.1) is 0 Å². The lowest BCUT2D eigenvalue weighted by Gasteiger charge is -2.34. The molecular weight excluding hydrogens is 148 g/mol. The van der Waals surface area contributed by atoms with E-state index in [1.807, 2.05) is 6.21 Å². The Balaban J connectivity index is 2.79. The van der Waals surface area contributed by atoms with Gasteiger partial charge in [-0.3, -0.25) is 4.99 Å². The fourth-order valence-corrected chi connectivity index (χ4v) is 1.39. The van der Waals surface area contributed by atoms with Crippen LogP contribution >= 0.6 is 0 Å². The smallest absolute Gasteiger partial charge is 0.0521 e. The fraction of sp³-hybridized carbons (Fsp3) is 0.700. The second-order valence-electron chi connectivity index (χ2n) is 4.05. The van der Waals surface area contributed by atoms with Crippen molar-refractivity contribution in [3.63, 3.8) is 0 Å². The Morgan fingerprint density at radius 2 is 2.25 bits per heavy atom. The lowest BCUT2D eigenvalue weighted by atomic mass is 9.85. The molecule has 0 aliphatic carbocycles. The van der Waals surface area contributed by atoms with E-state index in [1.54, 1.807) is 0 Å². The zero-order valence-electron chi connectivity index (χ0n) is 8.30. The average molecular weight is 166 g/mol. The molecule has 1 aliphatic rings. The molecule has 0 saturated carbocycles. The van der Waals surface area contributed by atoms with Gasteiger partial charge in [-0.05, 0) is 6.42 Å². The molecule has 0 spiro atoms. The molecule has 1 aliphatic heterocycles. The Morgan fingerprint density at radius 3 is 2.92 bits per heavy atom. The van der Waals surface area contributed by atoms with Crippen molar-refractivity contribution in [1.29, 1.82) is 0 Å². The van der Waals surface area contributed by atoms with E-state index in [1.165, 1.54) is 5.70 Å². The van der Waals surface area contributed by atoms with Crippen molar-refractivity contribution in [3.8, 4) is 0 Å². The quantitative estimate of drug-likeness (QED) is 0.537. The van der Waals surface area contributed by atoms with Crippen molar-refractivity contribution in [2.45, 2.75) is 20.3 Å². The summed E-state index contributed by atoms with van der Waals surface area (Å²) in [5, 5.41) is 0. The Morgan fingerprint density at radius 1 is 1.58 bits per heavy atom. The highest BCUT2D eigenvalue weighted by atomic mass is 15.1. The maximum absolute atomic E-state index is 4.30. The topological polar surface area (TPSA) is 15.6 Å². The molecule has 0 amide bonds. The standard InChI is InChI=1S/C10H18N2/c1-9-10(2,3)5-6-11-7-8-12(9)4/h7H,1,5-6,8H2,2-4H3/b11-7-. The molecule has 1 rings (SSSR count). The minimum Gasteiger partial charge on any atom is -0.373 e. The maximum Gasteiger partial charge on any atom is 0.0521 e. The minimum atomic E-state index is 0.201. The van der Waals surface area contributed by atoms with Crippen molar-refractivity contribution < 1.29 is 0 Å². The molecule has 2 heteroatoms. The molecule has 12 heavy (non-hydrogen) atoms. The van der Waals surface area contributed by atoms with Gasteiger partial charge in [0.1, 0.15) is 0 Å². The molecule has 0 aromatic heterocycles. The van der Waals surface area contributed by atoms with E-state index >= 15 is 0 Å². The lowest BCUT2D eigenvalue weighted by molar-refractivity contribution is 0.298. The summed E-state index contributed by atoms with van der Waals surface area (Å²) >= 11 is 0. The maximum atomic E-state index is 4.30. The van der Waals surface area contributed by atoms with Gasteiger partial charge in [0.15, 0.2) is 0 Å². The van der Waals surface area contributed by atoms with Crippen molar-refractivity contribution >= 4 is 6.21 Å². The van der Waals surface area contributed by atoms with Gasteiger partial charge >= 0.3 is 0 Å². The number of aliphatic imine (C=N–C) groups is 1. The Labute approximate surface area is 75.0 Å². The molecule has 0 atom stereocenters. The van der Waals surface area contributed by atoms with Gasteiger partial charge in [0.05, 0.1) is 6.54 Å². The van der Waals surface area contributed by atoms with E-state index in [0.29, 0.717) is 0 Å². The van der Waals surface area contributed by atoms with Crippen LogP contribution in [0, 0.1) is 5.41 Å². The zero-order valence-corrected chi connectivity index (χ0v) is 8.30. The van der Waals surface area contributed by atoms with Crippen molar-refractivity contribution in [1.82, 2.24) is 4.90 Å². The summed E-state index contributed by atoms with van der Waals surface area (Å²) in [4.78, 5) is 6.47. The van der Waals surface area contributed by atoms with Gasteiger partial charge < -0.3 is 4.90 Å². The van der Waals surface area contributed by atoms with E-state index in [4.69, 9.17) is 0 Å². The average Bonchev–Trinajstić information content (AvgIpc) is 2.00. The molecule has 68 valence electrons. The number of rotatable bonds is 0. The summed E-state index contributed by atoms with van der Waals surface area (Å²) < 4.78 is 0. The van der Waals surface area contributed by atoms with Gasteiger partial charge in [-0.1, -0.05) is 20.4 Å². The molecule has 1 heterocycles. The zero-order chi connectivity index (χ0) is 9.19. The summed E-state index contributed by atoms with van der Waals surface area (Å²) in [6.07, 6.45) is 3.06. The van der Waals surface area contributed by atoms with Crippen LogP contribution in [0.5, 0.6) is 0 Å². The third-order valence-corrected chi connectivity index (χ3v) is 2.59. The molecule has 0 aromatic carbocycles. The van der Waals surface area contributed by atoms with Crippen molar-refractivity contribution in [3.05, 3.63) is 12.3 Å². The van der Waals surface area contributed by atoms with E-state index in [-0.39, 0.29) is 5.41 Å². The fourth-order valence-electron chi connectivity index (χ4n) is 1.39. The highest BCUT2D eigenvalue weighted by molar-refractivity contribution is 5.60. The highest BCUT2D eigenvalue weighted by Crippen LogP contribution is 2.31. The number of hydrogen-bond acceptors (Lipinski definition) is 2. The van der Waals surface area contributed by atoms with E-state index in [0.717, 1.165) is 19.5 Å². The Bertz CT molecular complexity index is 204. The van der Waals surface area contributed by atoms with Crippen molar-refractivity contribution in [2.75, 3.05) is 20.1 Å². The SMILES string of the molecule is C=C1N(C)C/C=N\CCC1(C)C. The molecule has 0 fully saturated rings. The molecule has 0 bridgehead atoms.